The minimum Gasteiger partial charge on any atom is -0.394 e. The monoisotopic (exact) mass is 202 g/mol. The molecule has 0 saturated carbocycles. The van der Waals surface area contributed by atoms with Crippen molar-refractivity contribution in [2.75, 3.05) is 6.54 Å². The number of hydrogen-bond donors (Lipinski definition) is 6. The van der Waals surface area contributed by atoms with Crippen molar-refractivity contribution >= 4 is 0 Å². The summed E-state index contributed by atoms with van der Waals surface area (Å²) in [6.07, 6.45) is 0. The Bertz CT molecular complexity index is 299. The van der Waals surface area contributed by atoms with Gasteiger partial charge in [-0.15, -0.1) is 10.3 Å². The molecule has 0 aromatic carbocycles. The zero-order valence-corrected chi connectivity index (χ0v) is 7.73. The summed E-state index contributed by atoms with van der Waals surface area (Å²) in [5.41, 5.74) is 16.5. The number of hydrazine groups is 1. The molecule has 0 radical (unpaired) electrons. The summed E-state index contributed by atoms with van der Waals surface area (Å²) < 4.78 is 0. The van der Waals surface area contributed by atoms with Crippen molar-refractivity contribution in [3.63, 3.8) is 0 Å². The van der Waals surface area contributed by atoms with Crippen LogP contribution in [0.3, 0.4) is 0 Å². The van der Waals surface area contributed by atoms with Crippen molar-refractivity contribution in [2.24, 2.45) is 17.2 Å². The smallest absolute Gasteiger partial charge is 0.178 e. The molecule has 8 heteroatoms. The first-order chi connectivity index (χ1) is 6.50. The molecular weight excluding hydrogens is 188 g/mol. The molecule has 1 aliphatic rings. The summed E-state index contributed by atoms with van der Waals surface area (Å²) in [6, 6.07) is 0. The molecular formula is C6H14N6O2. The number of nitrogens with two attached hydrogens (primary N) is 3. The Morgan fingerprint density at radius 3 is 2.21 bits per heavy atom. The van der Waals surface area contributed by atoms with Crippen molar-refractivity contribution in [1.82, 2.24) is 15.7 Å². The van der Waals surface area contributed by atoms with Crippen LogP contribution in [0.5, 0.6) is 0 Å². The van der Waals surface area contributed by atoms with Gasteiger partial charge >= 0.3 is 0 Å². The van der Waals surface area contributed by atoms with E-state index in [9.17, 15) is 10.4 Å². The average molecular weight is 202 g/mol. The van der Waals surface area contributed by atoms with Gasteiger partial charge in [-0.1, -0.05) is 0 Å². The van der Waals surface area contributed by atoms with E-state index in [1.54, 1.807) is 6.92 Å². The molecule has 0 aromatic heterocycles. The number of nitrogens with zero attached hydrogens (tertiary/aromatic N) is 2. The average Bonchev–Trinajstić information content (AvgIpc) is 2.19. The van der Waals surface area contributed by atoms with Crippen molar-refractivity contribution in [1.29, 1.82) is 0 Å². The van der Waals surface area contributed by atoms with Gasteiger partial charge in [-0.3, -0.25) is 10.4 Å². The molecule has 1 aliphatic heterocycles. The highest BCUT2D eigenvalue weighted by atomic mass is 16.7. The lowest BCUT2D eigenvalue weighted by Crippen LogP contribution is -2.49. The summed E-state index contributed by atoms with van der Waals surface area (Å²) in [6.45, 7) is 2.31. The quantitative estimate of drug-likeness (QED) is 0.306. The third kappa shape index (κ3) is 1.36. The Morgan fingerprint density at radius 1 is 1.14 bits per heavy atom. The van der Waals surface area contributed by atoms with E-state index < -0.39 is 0 Å². The van der Waals surface area contributed by atoms with Gasteiger partial charge in [-0.05, 0) is 6.92 Å². The number of nitrogens with one attached hydrogen (secondary N) is 1. The van der Waals surface area contributed by atoms with Gasteiger partial charge in [0.15, 0.2) is 11.6 Å². The molecule has 0 saturated heterocycles. The van der Waals surface area contributed by atoms with Crippen LogP contribution in [0.2, 0.25) is 0 Å². The lowest BCUT2D eigenvalue weighted by molar-refractivity contribution is -0.334. The first-order valence-electron chi connectivity index (χ1n) is 3.97. The lowest BCUT2D eigenvalue weighted by Gasteiger charge is -2.33. The molecule has 0 unspecified atom stereocenters. The third-order valence-corrected chi connectivity index (χ3v) is 1.76. The van der Waals surface area contributed by atoms with Gasteiger partial charge in [0.2, 0.25) is 0 Å². The van der Waals surface area contributed by atoms with E-state index in [1.165, 1.54) is 0 Å². The molecule has 1 heterocycles. The van der Waals surface area contributed by atoms with E-state index >= 15 is 0 Å². The second kappa shape index (κ2) is 3.52. The first-order valence-corrected chi connectivity index (χ1v) is 3.97. The van der Waals surface area contributed by atoms with Gasteiger partial charge in [0.05, 0.1) is 0 Å². The topological polar surface area (TPSA) is 137 Å². The maximum absolute atomic E-state index is 9.37. The molecule has 0 atom stereocenters. The highest BCUT2D eigenvalue weighted by Gasteiger charge is 2.27. The van der Waals surface area contributed by atoms with Crippen LogP contribution in [0, 0.1) is 0 Å². The Labute approximate surface area is 80.7 Å². The molecule has 9 N–H and O–H groups in total. The number of hydrogen-bond acceptors (Lipinski definition) is 8. The molecule has 80 valence electrons. The van der Waals surface area contributed by atoms with Crippen molar-refractivity contribution in [3.8, 4) is 0 Å². The molecule has 0 aliphatic carbocycles. The normalized spacial score (nSPS) is 17.9. The van der Waals surface area contributed by atoms with Gasteiger partial charge in [0, 0.05) is 6.54 Å². The summed E-state index contributed by atoms with van der Waals surface area (Å²) in [7, 11) is 0. The Kier molecular flexibility index (Phi) is 2.58. The molecule has 0 amide bonds. The van der Waals surface area contributed by atoms with Crippen molar-refractivity contribution in [2.45, 2.75) is 6.92 Å². The predicted octanol–water partition coefficient (Wildman–Crippen LogP) is -1.88. The molecule has 8 nitrogen and oxygen atoms in total. The largest absolute Gasteiger partial charge is 0.394 e. The van der Waals surface area contributed by atoms with E-state index in [-0.39, 0.29) is 23.0 Å². The van der Waals surface area contributed by atoms with Crippen LogP contribution in [0.4, 0.5) is 0 Å². The van der Waals surface area contributed by atoms with Crippen LogP contribution in [-0.4, -0.2) is 27.3 Å². The summed E-state index contributed by atoms with van der Waals surface area (Å²) >= 11 is 0. The van der Waals surface area contributed by atoms with Gasteiger partial charge in [0.1, 0.15) is 11.4 Å². The standard InChI is InChI=1S/C6H14N6O2/c1-2-10-6-4(8)3(7)5(9)11(13)12(6)14/h10,13-14H,2,7-9H2,1H3. The fourth-order valence-electron chi connectivity index (χ4n) is 1.01. The zero-order chi connectivity index (χ0) is 10.9. The lowest BCUT2D eigenvalue weighted by atomic mass is 10.3. The Balaban J connectivity index is 3.11. The minimum atomic E-state index is -0.230. The second-order valence-electron chi connectivity index (χ2n) is 2.67. The van der Waals surface area contributed by atoms with Crippen LogP contribution in [-0.2, 0) is 0 Å². The molecule has 0 bridgehead atoms. The zero-order valence-electron chi connectivity index (χ0n) is 7.73. The van der Waals surface area contributed by atoms with Crippen LogP contribution >= 0.6 is 0 Å². The molecule has 14 heavy (non-hydrogen) atoms. The van der Waals surface area contributed by atoms with Crippen molar-refractivity contribution < 1.29 is 10.4 Å². The Morgan fingerprint density at radius 2 is 1.71 bits per heavy atom. The Hall–Kier alpha value is -1.80. The number of hydroxylamine groups is 2. The first kappa shape index (κ1) is 10.3. The molecule has 0 fully saturated rings. The molecule has 0 spiro atoms. The molecule has 1 rings (SSSR count). The predicted molar refractivity (Wildman–Crippen MR) is 47.5 cm³/mol. The van der Waals surface area contributed by atoms with E-state index in [2.05, 4.69) is 5.32 Å². The van der Waals surface area contributed by atoms with Crippen molar-refractivity contribution in [3.05, 3.63) is 23.0 Å². The number of rotatable bonds is 2. The van der Waals surface area contributed by atoms with Crippen LogP contribution in [0.15, 0.2) is 23.0 Å². The maximum Gasteiger partial charge on any atom is 0.178 e. The van der Waals surface area contributed by atoms with Crippen LogP contribution in [0.25, 0.3) is 0 Å². The minimum absolute atomic E-state index is 0.00810. The highest BCUT2D eigenvalue weighted by molar-refractivity contribution is 5.33. The second-order valence-corrected chi connectivity index (χ2v) is 2.67. The van der Waals surface area contributed by atoms with Crippen LogP contribution < -0.4 is 22.5 Å². The highest BCUT2D eigenvalue weighted by Crippen LogP contribution is 2.18. The van der Waals surface area contributed by atoms with Gasteiger partial charge in [0.25, 0.3) is 0 Å². The summed E-state index contributed by atoms with van der Waals surface area (Å²) in [5, 5.41) is 22.0. The van der Waals surface area contributed by atoms with E-state index in [0.717, 1.165) is 0 Å². The van der Waals surface area contributed by atoms with Gasteiger partial charge < -0.3 is 22.5 Å². The summed E-state index contributed by atoms with van der Waals surface area (Å²) in [4.78, 5) is 0. The summed E-state index contributed by atoms with van der Waals surface area (Å²) in [5.74, 6) is -0.145. The SMILES string of the molecule is CCNC1=C(N)C(N)=C(N)N(O)N1O. The maximum atomic E-state index is 9.37. The fourth-order valence-corrected chi connectivity index (χ4v) is 1.01. The van der Waals surface area contributed by atoms with E-state index in [0.29, 0.717) is 16.9 Å². The third-order valence-electron chi connectivity index (χ3n) is 1.76. The van der Waals surface area contributed by atoms with E-state index in [4.69, 9.17) is 17.2 Å². The van der Waals surface area contributed by atoms with E-state index in [1.807, 2.05) is 0 Å². The molecule has 0 aromatic rings. The fraction of sp³-hybridized carbons (Fsp3) is 0.333. The van der Waals surface area contributed by atoms with Gasteiger partial charge in [-0.25, -0.2) is 0 Å². The van der Waals surface area contributed by atoms with Gasteiger partial charge in [-0.2, -0.15) is 0 Å². The van der Waals surface area contributed by atoms with Crippen LogP contribution in [0.1, 0.15) is 6.92 Å².